The lowest BCUT2D eigenvalue weighted by atomic mass is 10.3. The van der Waals surface area contributed by atoms with Crippen molar-refractivity contribution in [2.45, 2.75) is 17.9 Å². The summed E-state index contributed by atoms with van der Waals surface area (Å²) in [6, 6.07) is 9.87. The van der Waals surface area contributed by atoms with Gasteiger partial charge >= 0.3 is 5.97 Å². The number of benzene rings is 2. The zero-order chi connectivity index (χ0) is 20.0. The first kappa shape index (κ1) is 20.8. The zero-order valence-corrected chi connectivity index (χ0v) is 15.7. The Morgan fingerprint density at radius 3 is 2.44 bits per heavy atom. The number of nitrogens with one attached hydrogen (secondary N) is 2. The fourth-order valence-electron chi connectivity index (χ4n) is 2.02. The van der Waals surface area contributed by atoms with Crippen LogP contribution < -0.4 is 10.0 Å². The summed E-state index contributed by atoms with van der Waals surface area (Å²) in [7, 11) is -4.27. The van der Waals surface area contributed by atoms with Crippen LogP contribution in [0.5, 0.6) is 0 Å². The molecule has 10 heteroatoms. The van der Waals surface area contributed by atoms with Crippen molar-refractivity contribution < 1.29 is 27.1 Å². The number of amides is 1. The predicted octanol–water partition coefficient (Wildman–Crippen LogP) is 2.33. The van der Waals surface area contributed by atoms with Gasteiger partial charge in [0.1, 0.15) is 16.8 Å². The molecule has 0 aliphatic rings. The van der Waals surface area contributed by atoms with Crippen LogP contribution in [-0.2, 0) is 24.3 Å². The lowest BCUT2D eigenvalue weighted by Crippen LogP contribution is -2.40. The van der Waals surface area contributed by atoms with E-state index in [9.17, 15) is 22.4 Å². The van der Waals surface area contributed by atoms with Crippen LogP contribution in [0.1, 0.15) is 6.92 Å². The molecule has 0 fully saturated rings. The van der Waals surface area contributed by atoms with E-state index in [0.717, 1.165) is 12.1 Å². The lowest BCUT2D eigenvalue weighted by molar-refractivity contribution is -0.148. The molecule has 0 bridgehead atoms. The molecule has 0 unspecified atom stereocenters. The molecule has 1 amide bonds. The smallest absolute Gasteiger partial charge is 0.324 e. The molecule has 2 aromatic rings. The monoisotopic (exact) mass is 414 g/mol. The van der Waals surface area contributed by atoms with Gasteiger partial charge in [0.2, 0.25) is 10.0 Å². The molecule has 144 valence electrons. The summed E-state index contributed by atoms with van der Waals surface area (Å²) in [6.45, 7) is 0.572. The van der Waals surface area contributed by atoms with Crippen molar-refractivity contribution in [2.75, 3.05) is 11.9 Å². The third kappa shape index (κ3) is 5.75. The molecule has 0 aliphatic carbocycles. The number of para-hydroxylation sites is 1. The second-order valence-corrected chi connectivity index (χ2v) is 7.50. The van der Waals surface area contributed by atoms with E-state index in [2.05, 4.69) is 5.32 Å². The Kier molecular flexibility index (Phi) is 6.89. The number of anilines is 1. The molecule has 0 radical (unpaired) electrons. The topological polar surface area (TPSA) is 102 Å². The van der Waals surface area contributed by atoms with Crippen LogP contribution in [0.2, 0.25) is 5.02 Å². The molecule has 0 aromatic heterocycles. The molecule has 2 aromatic carbocycles. The second-order valence-electron chi connectivity index (χ2n) is 5.41. The number of halogens is 2. The van der Waals surface area contributed by atoms with Crippen LogP contribution in [0, 0.1) is 5.82 Å². The first-order valence-electron chi connectivity index (χ1n) is 7.68. The summed E-state index contributed by atoms with van der Waals surface area (Å²) in [5.41, 5.74) is 0.341. The number of rotatable bonds is 7. The fourth-order valence-corrected chi connectivity index (χ4v) is 3.47. The van der Waals surface area contributed by atoms with Gasteiger partial charge in [-0.15, -0.1) is 0 Å². The molecule has 1 atom stereocenters. The quantitative estimate of drug-likeness (QED) is 0.677. The van der Waals surface area contributed by atoms with Crippen molar-refractivity contribution in [3.05, 3.63) is 59.4 Å². The molecule has 0 saturated carbocycles. The van der Waals surface area contributed by atoms with Crippen LogP contribution in [0.25, 0.3) is 0 Å². The number of carbonyl (C=O) groups is 2. The van der Waals surface area contributed by atoms with Crippen LogP contribution >= 0.6 is 11.6 Å². The molecular formula is C17H16ClFN2O5S. The van der Waals surface area contributed by atoms with E-state index in [1.807, 2.05) is 4.72 Å². The predicted molar refractivity (Wildman–Crippen MR) is 97.2 cm³/mol. The van der Waals surface area contributed by atoms with Crippen molar-refractivity contribution in [3.8, 4) is 0 Å². The van der Waals surface area contributed by atoms with Crippen molar-refractivity contribution >= 4 is 39.2 Å². The third-order valence-electron chi connectivity index (χ3n) is 3.31. The van der Waals surface area contributed by atoms with Crippen molar-refractivity contribution in [1.82, 2.24) is 4.72 Å². The molecule has 2 rings (SSSR count). The number of hydrogen-bond acceptors (Lipinski definition) is 5. The van der Waals surface area contributed by atoms with Crippen molar-refractivity contribution in [3.63, 3.8) is 0 Å². The van der Waals surface area contributed by atoms with Crippen LogP contribution in [-0.4, -0.2) is 32.9 Å². The Morgan fingerprint density at radius 2 is 1.78 bits per heavy atom. The van der Waals surface area contributed by atoms with E-state index in [0.29, 0.717) is 10.7 Å². The molecule has 0 spiro atoms. The molecule has 27 heavy (non-hydrogen) atoms. The maximum Gasteiger partial charge on any atom is 0.324 e. The normalized spacial score (nSPS) is 12.3. The summed E-state index contributed by atoms with van der Waals surface area (Å²) in [6.07, 6.45) is 0. The van der Waals surface area contributed by atoms with E-state index in [-0.39, 0.29) is 0 Å². The van der Waals surface area contributed by atoms with Gasteiger partial charge in [0, 0.05) is 0 Å². The number of esters is 1. The first-order chi connectivity index (χ1) is 12.7. The zero-order valence-electron chi connectivity index (χ0n) is 14.1. The van der Waals surface area contributed by atoms with E-state index in [4.69, 9.17) is 16.3 Å². The fraction of sp³-hybridized carbons (Fsp3) is 0.176. The second kappa shape index (κ2) is 8.94. The van der Waals surface area contributed by atoms with E-state index in [1.165, 1.54) is 19.1 Å². The summed E-state index contributed by atoms with van der Waals surface area (Å²) in [5, 5.41) is 2.76. The average Bonchev–Trinajstić information content (AvgIpc) is 2.61. The first-order valence-corrected chi connectivity index (χ1v) is 9.54. The Morgan fingerprint density at radius 1 is 1.15 bits per heavy atom. The SMILES string of the molecule is C[C@H](NS(=O)(=O)c1ccccc1F)C(=O)OCC(=O)Nc1ccccc1Cl. The highest BCUT2D eigenvalue weighted by Crippen LogP contribution is 2.20. The van der Waals surface area contributed by atoms with Gasteiger partial charge in [-0.25, -0.2) is 12.8 Å². The summed E-state index contributed by atoms with van der Waals surface area (Å²) in [5.74, 6) is -2.60. The molecular weight excluding hydrogens is 399 g/mol. The van der Waals surface area contributed by atoms with Crippen LogP contribution in [0.4, 0.5) is 10.1 Å². The van der Waals surface area contributed by atoms with Crippen molar-refractivity contribution in [2.24, 2.45) is 0 Å². The number of carbonyl (C=O) groups excluding carboxylic acids is 2. The van der Waals surface area contributed by atoms with Crippen LogP contribution in [0.15, 0.2) is 53.4 Å². The maximum absolute atomic E-state index is 13.6. The third-order valence-corrected chi connectivity index (χ3v) is 5.21. The van der Waals surface area contributed by atoms with Gasteiger partial charge in [0.25, 0.3) is 5.91 Å². The Labute approximate surface area is 160 Å². The molecule has 0 aliphatic heterocycles. The minimum atomic E-state index is -4.27. The Bertz CT molecular complexity index is 952. The molecule has 2 N–H and O–H groups in total. The molecule has 0 heterocycles. The highest BCUT2D eigenvalue weighted by molar-refractivity contribution is 7.89. The minimum Gasteiger partial charge on any atom is -0.454 e. The molecule has 0 saturated heterocycles. The number of ether oxygens (including phenoxy) is 1. The Balaban J connectivity index is 1.91. The van der Waals surface area contributed by atoms with Gasteiger partial charge in [-0.3, -0.25) is 9.59 Å². The summed E-state index contributed by atoms with van der Waals surface area (Å²) < 4.78 is 44.7. The van der Waals surface area contributed by atoms with Gasteiger partial charge in [-0.2, -0.15) is 4.72 Å². The number of sulfonamides is 1. The molecule has 7 nitrogen and oxygen atoms in total. The standard InChI is InChI=1S/C17H16ClFN2O5S/c1-11(21-27(24,25)15-9-5-3-7-13(15)19)17(23)26-10-16(22)20-14-8-4-2-6-12(14)18/h2-9,11,21H,10H2,1H3,(H,20,22)/t11-/m0/s1. The number of hydrogen-bond donors (Lipinski definition) is 2. The summed E-state index contributed by atoms with van der Waals surface area (Å²) >= 11 is 5.90. The van der Waals surface area contributed by atoms with Crippen molar-refractivity contribution in [1.29, 1.82) is 0 Å². The maximum atomic E-state index is 13.6. The van der Waals surface area contributed by atoms with E-state index >= 15 is 0 Å². The van der Waals surface area contributed by atoms with Gasteiger partial charge in [0.05, 0.1) is 10.7 Å². The highest BCUT2D eigenvalue weighted by Gasteiger charge is 2.25. The van der Waals surface area contributed by atoms with Gasteiger partial charge < -0.3 is 10.1 Å². The van der Waals surface area contributed by atoms with E-state index in [1.54, 1.807) is 24.3 Å². The van der Waals surface area contributed by atoms with Gasteiger partial charge in [-0.1, -0.05) is 35.9 Å². The van der Waals surface area contributed by atoms with Gasteiger partial charge in [0.15, 0.2) is 6.61 Å². The largest absolute Gasteiger partial charge is 0.454 e. The average molecular weight is 415 g/mol. The highest BCUT2D eigenvalue weighted by atomic mass is 35.5. The van der Waals surface area contributed by atoms with Gasteiger partial charge in [-0.05, 0) is 31.2 Å². The minimum absolute atomic E-state index is 0.309. The van der Waals surface area contributed by atoms with E-state index < -0.39 is 45.3 Å². The lowest BCUT2D eigenvalue weighted by Gasteiger charge is -2.14. The summed E-state index contributed by atoms with van der Waals surface area (Å²) in [4.78, 5) is 23.1. The Hall–Kier alpha value is -2.49. The van der Waals surface area contributed by atoms with Crippen LogP contribution in [0.3, 0.4) is 0 Å².